The van der Waals surface area contributed by atoms with E-state index in [-0.39, 0.29) is 11.9 Å². The molecule has 1 aromatic carbocycles. The Morgan fingerprint density at radius 2 is 1.85 bits per heavy atom. The highest BCUT2D eigenvalue weighted by molar-refractivity contribution is 6.02. The Hall–Kier alpha value is -3.03. The Labute approximate surface area is 201 Å². The van der Waals surface area contributed by atoms with Crippen molar-refractivity contribution in [2.45, 2.75) is 25.8 Å². The molecule has 1 N–H and O–H groups in total. The molecule has 2 atom stereocenters. The first-order valence-corrected chi connectivity index (χ1v) is 12.4. The van der Waals surface area contributed by atoms with E-state index in [1.54, 1.807) is 6.20 Å². The molecule has 0 radical (unpaired) electrons. The summed E-state index contributed by atoms with van der Waals surface area (Å²) in [6.45, 7) is 9.28. The molecule has 7 heteroatoms. The standard InChI is InChI=1S/C27H34N6O/c1-21(27(34)30-25-10-4-9-24-23(25)8-5-13-28-24)33-14-6-7-22(20-33)19-31-15-17-32(18-16-31)26-11-2-3-12-29-26/h2-5,8-13,21-22H,6-7,14-20H2,1H3,(H,30,34)/t21-,22-/m0/s1. The number of pyridine rings is 2. The van der Waals surface area contributed by atoms with E-state index in [9.17, 15) is 4.79 Å². The number of fused-ring (bicyclic) bond motifs is 1. The molecule has 3 aromatic rings. The maximum absolute atomic E-state index is 13.1. The second-order valence-electron chi connectivity index (χ2n) is 9.52. The SMILES string of the molecule is C[C@@H](C(=O)Nc1cccc2ncccc12)N1CCC[C@@H](CN2CCN(c3ccccn3)CC2)C1. The van der Waals surface area contributed by atoms with Crippen LogP contribution in [-0.4, -0.2) is 77.5 Å². The van der Waals surface area contributed by atoms with Gasteiger partial charge in [0, 0.05) is 57.0 Å². The summed E-state index contributed by atoms with van der Waals surface area (Å²) in [5, 5.41) is 4.13. The average molecular weight is 459 g/mol. The highest BCUT2D eigenvalue weighted by Crippen LogP contribution is 2.24. The molecule has 0 unspecified atom stereocenters. The number of rotatable bonds is 6. The van der Waals surface area contributed by atoms with Gasteiger partial charge in [-0.2, -0.15) is 0 Å². The average Bonchev–Trinajstić information content (AvgIpc) is 2.89. The molecule has 178 valence electrons. The fourth-order valence-corrected chi connectivity index (χ4v) is 5.28. The molecule has 34 heavy (non-hydrogen) atoms. The van der Waals surface area contributed by atoms with Crippen LogP contribution in [0.3, 0.4) is 0 Å². The van der Waals surface area contributed by atoms with Crippen LogP contribution >= 0.6 is 0 Å². The first-order chi connectivity index (χ1) is 16.7. The summed E-state index contributed by atoms with van der Waals surface area (Å²) in [6.07, 6.45) is 6.03. The Morgan fingerprint density at radius 3 is 2.68 bits per heavy atom. The summed E-state index contributed by atoms with van der Waals surface area (Å²) in [5.74, 6) is 1.74. The summed E-state index contributed by atoms with van der Waals surface area (Å²) >= 11 is 0. The van der Waals surface area contributed by atoms with Crippen LogP contribution in [0.25, 0.3) is 10.9 Å². The van der Waals surface area contributed by atoms with Gasteiger partial charge in [0.1, 0.15) is 5.82 Å². The number of aromatic nitrogens is 2. The summed E-state index contributed by atoms with van der Waals surface area (Å²) in [4.78, 5) is 29.3. The number of amides is 1. The molecule has 4 heterocycles. The van der Waals surface area contributed by atoms with E-state index >= 15 is 0 Å². The van der Waals surface area contributed by atoms with Crippen molar-refractivity contribution in [3.05, 3.63) is 60.9 Å². The van der Waals surface area contributed by atoms with Gasteiger partial charge in [-0.3, -0.25) is 19.6 Å². The van der Waals surface area contributed by atoms with E-state index in [0.717, 1.165) is 74.6 Å². The van der Waals surface area contributed by atoms with Crippen molar-refractivity contribution in [3.63, 3.8) is 0 Å². The number of anilines is 2. The molecule has 0 aliphatic carbocycles. The Bertz CT molecular complexity index is 1090. The lowest BCUT2D eigenvalue weighted by atomic mass is 9.95. The van der Waals surface area contributed by atoms with Gasteiger partial charge in [-0.25, -0.2) is 4.98 Å². The number of carbonyl (C=O) groups excluding carboxylic acids is 1. The van der Waals surface area contributed by atoms with Crippen LogP contribution in [0.15, 0.2) is 60.9 Å². The fourth-order valence-electron chi connectivity index (χ4n) is 5.28. The minimum Gasteiger partial charge on any atom is -0.354 e. The van der Waals surface area contributed by atoms with Crippen molar-refractivity contribution in [1.29, 1.82) is 0 Å². The number of hydrogen-bond donors (Lipinski definition) is 1. The zero-order valence-electron chi connectivity index (χ0n) is 19.9. The van der Waals surface area contributed by atoms with Crippen LogP contribution in [0.1, 0.15) is 19.8 Å². The molecule has 0 saturated carbocycles. The third-order valence-electron chi connectivity index (χ3n) is 7.24. The summed E-state index contributed by atoms with van der Waals surface area (Å²) < 4.78 is 0. The minimum absolute atomic E-state index is 0.0565. The second kappa shape index (κ2) is 10.5. The van der Waals surface area contributed by atoms with Crippen molar-refractivity contribution in [1.82, 2.24) is 19.8 Å². The molecular weight excluding hydrogens is 424 g/mol. The van der Waals surface area contributed by atoms with Crippen LogP contribution in [-0.2, 0) is 4.79 Å². The van der Waals surface area contributed by atoms with Gasteiger partial charge in [0.05, 0.1) is 17.2 Å². The fraction of sp³-hybridized carbons (Fsp3) is 0.444. The van der Waals surface area contributed by atoms with Crippen LogP contribution in [0.4, 0.5) is 11.5 Å². The van der Waals surface area contributed by atoms with Gasteiger partial charge in [0.2, 0.25) is 5.91 Å². The van der Waals surface area contributed by atoms with E-state index in [0.29, 0.717) is 5.92 Å². The molecule has 2 fully saturated rings. The molecule has 0 bridgehead atoms. The third-order valence-corrected chi connectivity index (χ3v) is 7.24. The second-order valence-corrected chi connectivity index (χ2v) is 9.52. The quantitative estimate of drug-likeness (QED) is 0.610. The number of likely N-dealkylation sites (tertiary alicyclic amines) is 1. The zero-order chi connectivity index (χ0) is 23.3. The van der Waals surface area contributed by atoms with Crippen LogP contribution in [0.2, 0.25) is 0 Å². The molecule has 2 aliphatic rings. The smallest absolute Gasteiger partial charge is 0.241 e. The predicted octanol–water partition coefficient (Wildman–Crippen LogP) is 3.49. The molecular formula is C27H34N6O. The van der Waals surface area contributed by atoms with Gasteiger partial charge in [0.15, 0.2) is 0 Å². The van der Waals surface area contributed by atoms with Gasteiger partial charge in [0.25, 0.3) is 0 Å². The van der Waals surface area contributed by atoms with Gasteiger partial charge in [-0.05, 0) is 68.6 Å². The Kier molecular flexibility index (Phi) is 7.02. The van der Waals surface area contributed by atoms with Gasteiger partial charge in [-0.15, -0.1) is 0 Å². The maximum atomic E-state index is 13.1. The van der Waals surface area contributed by atoms with Gasteiger partial charge < -0.3 is 10.2 Å². The molecule has 5 rings (SSSR count). The van der Waals surface area contributed by atoms with Crippen molar-refractivity contribution in [3.8, 4) is 0 Å². The molecule has 2 aliphatic heterocycles. The number of carbonyl (C=O) groups is 1. The van der Waals surface area contributed by atoms with E-state index < -0.39 is 0 Å². The Morgan fingerprint density at radius 1 is 1.00 bits per heavy atom. The molecule has 2 saturated heterocycles. The van der Waals surface area contributed by atoms with Crippen LogP contribution in [0.5, 0.6) is 0 Å². The predicted molar refractivity (Wildman–Crippen MR) is 137 cm³/mol. The normalized spacial score (nSPS) is 20.9. The van der Waals surface area contributed by atoms with Crippen molar-refractivity contribution >= 4 is 28.3 Å². The van der Waals surface area contributed by atoms with Gasteiger partial charge in [-0.1, -0.05) is 12.1 Å². The van der Waals surface area contributed by atoms with Crippen molar-refractivity contribution in [2.24, 2.45) is 5.92 Å². The lowest BCUT2D eigenvalue weighted by Gasteiger charge is -2.40. The van der Waals surface area contributed by atoms with E-state index in [1.165, 1.54) is 6.42 Å². The highest BCUT2D eigenvalue weighted by atomic mass is 16.2. The van der Waals surface area contributed by atoms with Crippen LogP contribution in [0, 0.1) is 5.92 Å². The Balaban J connectivity index is 1.14. The van der Waals surface area contributed by atoms with E-state index in [4.69, 9.17) is 0 Å². The van der Waals surface area contributed by atoms with Gasteiger partial charge >= 0.3 is 0 Å². The number of piperidine rings is 1. The lowest BCUT2D eigenvalue weighted by molar-refractivity contribution is -0.121. The first-order valence-electron chi connectivity index (χ1n) is 12.4. The monoisotopic (exact) mass is 458 g/mol. The van der Waals surface area contributed by atoms with Crippen molar-refractivity contribution < 1.29 is 4.79 Å². The van der Waals surface area contributed by atoms with E-state index in [1.807, 2.05) is 49.5 Å². The summed E-state index contributed by atoms with van der Waals surface area (Å²) in [6, 6.07) is 15.7. The van der Waals surface area contributed by atoms with Crippen LogP contribution < -0.4 is 10.2 Å². The largest absolute Gasteiger partial charge is 0.354 e. The number of benzene rings is 1. The molecule has 0 spiro atoms. The lowest BCUT2D eigenvalue weighted by Crippen LogP contribution is -2.52. The zero-order valence-corrected chi connectivity index (χ0v) is 19.9. The summed E-state index contributed by atoms with van der Waals surface area (Å²) in [5.41, 5.74) is 1.73. The number of nitrogens with one attached hydrogen (secondary N) is 1. The van der Waals surface area contributed by atoms with E-state index in [2.05, 4.69) is 42.1 Å². The molecule has 7 nitrogen and oxygen atoms in total. The minimum atomic E-state index is -0.157. The summed E-state index contributed by atoms with van der Waals surface area (Å²) in [7, 11) is 0. The van der Waals surface area contributed by atoms with Crippen molar-refractivity contribution in [2.75, 3.05) is 56.0 Å². The first kappa shape index (κ1) is 22.7. The number of piperazine rings is 1. The third kappa shape index (κ3) is 5.21. The highest BCUT2D eigenvalue weighted by Gasteiger charge is 2.29. The number of hydrogen-bond acceptors (Lipinski definition) is 6. The maximum Gasteiger partial charge on any atom is 0.241 e. The topological polar surface area (TPSA) is 64.6 Å². The molecule has 1 amide bonds. The molecule has 2 aromatic heterocycles. The number of nitrogens with zero attached hydrogens (tertiary/aromatic N) is 5.